The molecular formula is C14H15ClN4O2S. The summed E-state index contributed by atoms with van der Waals surface area (Å²) in [5.74, 6) is 0.715. The quantitative estimate of drug-likeness (QED) is 0.792. The molecule has 1 aromatic carbocycles. The van der Waals surface area contributed by atoms with Gasteiger partial charge in [0.15, 0.2) is 0 Å². The van der Waals surface area contributed by atoms with Crippen molar-refractivity contribution in [2.24, 2.45) is 0 Å². The Kier molecular flexibility index (Phi) is 3.70. The van der Waals surface area contributed by atoms with Crippen molar-refractivity contribution in [2.75, 3.05) is 12.0 Å². The van der Waals surface area contributed by atoms with Gasteiger partial charge in [-0.2, -0.15) is 5.10 Å². The van der Waals surface area contributed by atoms with E-state index in [0.29, 0.717) is 17.4 Å². The Morgan fingerprint density at radius 1 is 1.36 bits per heavy atom. The van der Waals surface area contributed by atoms with E-state index in [-0.39, 0.29) is 5.75 Å². The molecule has 0 amide bonds. The second-order valence-corrected chi connectivity index (χ2v) is 7.94. The molecule has 2 heterocycles. The number of hydrogen-bond donors (Lipinski definition) is 1. The zero-order valence-corrected chi connectivity index (χ0v) is 13.7. The van der Waals surface area contributed by atoms with Crippen LogP contribution < -0.4 is 0 Å². The highest BCUT2D eigenvalue weighted by Crippen LogP contribution is 2.27. The van der Waals surface area contributed by atoms with Crippen LogP contribution in [0.1, 0.15) is 5.56 Å². The van der Waals surface area contributed by atoms with Crippen LogP contribution in [0.3, 0.4) is 0 Å². The minimum absolute atomic E-state index is 0.0548. The van der Waals surface area contributed by atoms with Crippen LogP contribution in [0.4, 0.5) is 0 Å². The van der Waals surface area contributed by atoms with Crippen LogP contribution in [0.5, 0.6) is 0 Å². The predicted octanol–water partition coefficient (Wildman–Crippen LogP) is 2.43. The summed E-state index contributed by atoms with van der Waals surface area (Å²) in [6.07, 6.45) is 4.63. The molecule has 0 unspecified atom stereocenters. The maximum Gasteiger partial charge on any atom is 0.149 e. The number of nitrogens with zero attached hydrogens (tertiary/aromatic N) is 3. The third kappa shape index (κ3) is 3.00. The van der Waals surface area contributed by atoms with Gasteiger partial charge in [-0.15, -0.1) is 0 Å². The minimum Gasteiger partial charge on any atom is -0.338 e. The maximum atomic E-state index is 11.2. The molecule has 6 nitrogen and oxygen atoms in total. The van der Waals surface area contributed by atoms with Crippen LogP contribution in [0.2, 0.25) is 5.02 Å². The van der Waals surface area contributed by atoms with Gasteiger partial charge in [-0.1, -0.05) is 17.7 Å². The van der Waals surface area contributed by atoms with Crippen molar-refractivity contribution in [1.29, 1.82) is 0 Å². The van der Waals surface area contributed by atoms with Gasteiger partial charge in [-0.05, 0) is 18.6 Å². The summed E-state index contributed by atoms with van der Waals surface area (Å²) in [6, 6.07) is 3.86. The molecule has 3 rings (SSSR count). The van der Waals surface area contributed by atoms with Gasteiger partial charge in [0.05, 0.1) is 34.6 Å². The third-order valence-electron chi connectivity index (χ3n) is 3.38. The van der Waals surface area contributed by atoms with Gasteiger partial charge >= 0.3 is 0 Å². The normalized spacial score (nSPS) is 12.1. The van der Waals surface area contributed by atoms with Crippen molar-refractivity contribution in [3.8, 4) is 11.4 Å². The van der Waals surface area contributed by atoms with Gasteiger partial charge in [0.1, 0.15) is 21.2 Å². The summed E-state index contributed by atoms with van der Waals surface area (Å²) >= 11 is 6.26. The monoisotopic (exact) mass is 338 g/mol. The zero-order valence-electron chi connectivity index (χ0n) is 12.2. The molecule has 1 N–H and O–H groups in total. The number of sulfone groups is 1. The number of imidazole rings is 1. The van der Waals surface area contributed by atoms with Crippen molar-refractivity contribution >= 4 is 32.5 Å². The van der Waals surface area contributed by atoms with Gasteiger partial charge < -0.3 is 4.98 Å². The first-order valence-corrected chi connectivity index (χ1v) is 9.13. The van der Waals surface area contributed by atoms with E-state index in [1.165, 1.54) is 6.26 Å². The average molecular weight is 339 g/mol. The second kappa shape index (κ2) is 5.40. The van der Waals surface area contributed by atoms with Crippen molar-refractivity contribution in [3.05, 3.63) is 35.1 Å². The number of benzene rings is 1. The highest BCUT2D eigenvalue weighted by Gasteiger charge is 2.12. The molecule has 0 fully saturated rings. The highest BCUT2D eigenvalue weighted by atomic mass is 35.5. The molecule has 8 heteroatoms. The SMILES string of the molecule is Cc1ccc2[nH]c(-c3cnn(CCS(C)(=O)=O)c3)nc2c1Cl. The Bertz CT molecular complexity index is 943. The van der Waals surface area contributed by atoms with E-state index in [1.54, 1.807) is 17.1 Å². The first-order valence-electron chi connectivity index (χ1n) is 6.69. The van der Waals surface area contributed by atoms with Crippen molar-refractivity contribution < 1.29 is 8.42 Å². The lowest BCUT2D eigenvalue weighted by Gasteiger charge is -1.98. The van der Waals surface area contributed by atoms with E-state index in [0.717, 1.165) is 22.2 Å². The molecule has 0 spiro atoms. The summed E-state index contributed by atoms with van der Waals surface area (Å²) in [7, 11) is -3.01. The Morgan fingerprint density at radius 3 is 2.86 bits per heavy atom. The standard InChI is InChI=1S/C14H15ClN4O2S/c1-9-3-4-11-13(12(9)15)18-14(17-11)10-7-16-19(8-10)5-6-22(2,20)21/h3-4,7-8H,5-6H2,1-2H3,(H,17,18). The van der Waals surface area contributed by atoms with Gasteiger partial charge in [0.2, 0.25) is 0 Å². The summed E-state index contributed by atoms with van der Waals surface area (Å²) in [4.78, 5) is 7.70. The topological polar surface area (TPSA) is 80.6 Å². The van der Waals surface area contributed by atoms with E-state index in [4.69, 9.17) is 11.6 Å². The summed E-state index contributed by atoms with van der Waals surface area (Å²) in [5.41, 5.74) is 3.34. The molecule has 0 atom stereocenters. The number of hydrogen-bond acceptors (Lipinski definition) is 4. The largest absolute Gasteiger partial charge is 0.338 e. The molecule has 0 saturated heterocycles. The number of fused-ring (bicyclic) bond motifs is 1. The van der Waals surface area contributed by atoms with E-state index >= 15 is 0 Å². The molecule has 0 aliphatic carbocycles. The molecule has 2 aromatic heterocycles. The minimum atomic E-state index is -3.01. The lowest BCUT2D eigenvalue weighted by Crippen LogP contribution is -2.11. The third-order valence-corrected chi connectivity index (χ3v) is 4.79. The molecular weight excluding hydrogens is 324 g/mol. The first-order chi connectivity index (χ1) is 10.3. The van der Waals surface area contributed by atoms with Gasteiger partial charge in [0.25, 0.3) is 0 Å². The molecule has 22 heavy (non-hydrogen) atoms. The molecule has 0 saturated carbocycles. The smallest absolute Gasteiger partial charge is 0.149 e. The maximum absolute atomic E-state index is 11.2. The molecule has 0 aliphatic rings. The summed E-state index contributed by atoms with van der Waals surface area (Å²) in [5, 5.41) is 4.79. The van der Waals surface area contributed by atoms with Crippen LogP contribution >= 0.6 is 11.6 Å². The Labute approximate surface area is 133 Å². The number of aromatic nitrogens is 4. The highest BCUT2D eigenvalue weighted by molar-refractivity contribution is 7.90. The molecule has 0 radical (unpaired) electrons. The van der Waals surface area contributed by atoms with Crippen molar-refractivity contribution in [3.63, 3.8) is 0 Å². The number of nitrogens with one attached hydrogen (secondary N) is 1. The number of aromatic amines is 1. The van der Waals surface area contributed by atoms with Crippen LogP contribution in [-0.4, -0.2) is 40.2 Å². The van der Waals surface area contributed by atoms with Crippen molar-refractivity contribution in [1.82, 2.24) is 19.7 Å². The van der Waals surface area contributed by atoms with E-state index in [1.807, 2.05) is 19.1 Å². The lowest BCUT2D eigenvalue weighted by atomic mass is 10.2. The van der Waals surface area contributed by atoms with Crippen molar-refractivity contribution in [2.45, 2.75) is 13.5 Å². The van der Waals surface area contributed by atoms with E-state index < -0.39 is 9.84 Å². The number of H-pyrrole nitrogens is 1. The van der Waals surface area contributed by atoms with Crippen LogP contribution in [0.15, 0.2) is 24.5 Å². The molecule has 3 aromatic rings. The fourth-order valence-corrected chi connectivity index (χ4v) is 2.87. The number of aryl methyl sites for hydroxylation is 2. The number of halogens is 1. The Balaban J connectivity index is 1.92. The fraction of sp³-hybridized carbons (Fsp3) is 0.286. The average Bonchev–Trinajstić information content (AvgIpc) is 3.06. The fourth-order valence-electron chi connectivity index (χ4n) is 2.15. The van der Waals surface area contributed by atoms with Gasteiger partial charge in [0, 0.05) is 12.5 Å². The summed E-state index contributed by atoms with van der Waals surface area (Å²) < 4.78 is 24.0. The molecule has 116 valence electrons. The Morgan fingerprint density at radius 2 is 2.14 bits per heavy atom. The predicted molar refractivity (Wildman–Crippen MR) is 86.8 cm³/mol. The van der Waals surface area contributed by atoms with E-state index in [9.17, 15) is 8.42 Å². The second-order valence-electron chi connectivity index (χ2n) is 5.30. The summed E-state index contributed by atoms with van der Waals surface area (Å²) in [6.45, 7) is 2.25. The zero-order chi connectivity index (χ0) is 15.9. The van der Waals surface area contributed by atoms with E-state index in [2.05, 4.69) is 15.1 Å². The van der Waals surface area contributed by atoms with Crippen LogP contribution in [-0.2, 0) is 16.4 Å². The van der Waals surface area contributed by atoms with Crippen LogP contribution in [0, 0.1) is 6.92 Å². The molecule has 0 aliphatic heterocycles. The number of rotatable bonds is 4. The van der Waals surface area contributed by atoms with Gasteiger partial charge in [-0.25, -0.2) is 13.4 Å². The molecule has 0 bridgehead atoms. The van der Waals surface area contributed by atoms with Crippen LogP contribution in [0.25, 0.3) is 22.4 Å². The Hall–Kier alpha value is -1.86. The first kappa shape index (κ1) is 15.1. The lowest BCUT2D eigenvalue weighted by molar-refractivity contribution is 0.586. The van der Waals surface area contributed by atoms with Gasteiger partial charge in [-0.3, -0.25) is 4.68 Å².